The number of benzene rings is 2. The van der Waals surface area contributed by atoms with Crippen LogP contribution in [0.1, 0.15) is 21.5 Å². The lowest BCUT2D eigenvalue weighted by Crippen LogP contribution is -2.46. The van der Waals surface area contributed by atoms with Crippen molar-refractivity contribution in [3.8, 4) is 0 Å². The minimum absolute atomic E-state index is 0.0139. The first-order chi connectivity index (χ1) is 11.7. The molecule has 24 heavy (non-hydrogen) atoms. The summed E-state index contributed by atoms with van der Waals surface area (Å²) < 4.78 is 5.33. The van der Waals surface area contributed by atoms with Crippen LogP contribution in [0.15, 0.2) is 54.6 Å². The summed E-state index contributed by atoms with van der Waals surface area (Å²) in [5.74, 6) is -0.0139. The van der Waals surface area contributed by atoms with Crippen molar-refractivity contribution in [3.63, 3.8) is 0 Å². The number of amides is 1. The Kier molecular flexibility index (Phi) is 5.23. The van der Waals surface area contributed by atoms with Gasteiger partial charge in [0.2, 0.25) is 0 Å². The average molecular weight is 324 g/mol. The third-order valence-corrected chi connectivity index (χ3v) is 3.99. The molecule has 1 fully saturated rings. The van der Waals surface area contributed by atoms with Gasteiger partial charge in [0.15, 0.2) is 5.78 Å². The Balaban J connectivity index is 1.56. The van der Waals surface area contributed by atoms with Gasteiger partial charge in [-0.3, -0.25) is 4.79 Å². The van der Waals surface area contributed by atoms with Gasteiger partial charge in [0.05, 0.1) is 0 Å². The SMILES string of the molecule is O=C(c1ccccc1)c1ccc(COC(=O)N2CCNCC2)cc1. The molecule has 0 bridgehead atoms. The highest BCUT2D eigenvalue weighted by Crippen LogP contribution is 2.12. The Labute approximate surface area is 141 Å². The summed E-state index contributed by atoms with van der Waals surface area (Å²) in [6.07, 6.45) is -0.291. The van der Waals surface area contributed by atoms with Crippen LogP contribution in [0, 0.1) is 0 Å². The van der Waals surface area contributed by atoms with E-state index in [1.807, 2.05) is 30.3 Å². The van der Waals surface area contributed by atoms with E-state index in [4.69, 9.17) is 4.74 Å². The fourth-order valence-corrected chi connectivity index (χ4v) is 2.59. The molecule has 5 nitrogen and oxygen atoms in total. The standard InChI is InChI=1S/C19H20N2O3/c22-18(16-4-2-1-3-5-16)17-8-6-15(7-9-17)14-24-19(23)21-12-10-20-11-13-21/h1-9,20H,10-14H2. The van der Waals surface area contributed by atoms with Crippen molar-refractivity contribution in [1.82, 2.24) is 10.2 Å². The molecule has 0 aliphatic carbocycles. The number of rotatable bonds is 4. The summed E-state index contributed by atoms with van der Waals surface area (Å²) in [5.41, 5.74) is 2.15. The van der Waals surface area contributed by atoms with E-state index in [0.717, 1.165) is 18.7 Å². The van der Waals surface area contributed by atoms with Gasteiger partial charge in [-0.05, 0) is 5.56 Å². The highest BCUT2D eigenvalue weighted by molar-refractivity contribution is 6.08. The van der Waals surface area contributed by atoms with Gasteiger partial charge in [-0.2, -0.15) is 0 Å². The summed E-state index contributed by atoms with van der Waals surface area (Å²) in [6.45, 7) is 3.14. The van der Waals surface area contributed by atoms with Crippen LogP contribution in [-0.4, -0.2) is 43.0 Å². The average Bonchev–Trinajstić information content (AvgIpc) is 2.67. The van der Waals surface area contributed by atoms with Crippen LogP contribution in [0.25, 0.3) is 0 Å². The van der Waals surface area contributed by atoms with Crippen LogP contribution in [0.5, 0.6) is 0 Å². The van der Waals surface area contributed by atoms with Crippen LogP contribution in [0.3, 0.4) is 0 Å². The minimum atomic E-state index is -0.291. The zero-order valence-corrected chi connectivity index (χ0v) is 13.4. The number of hydrogen-bond acceptors (Lipinski definition) is 4. The quantitative estimate of drug-likeness (QED) is 0.878. The van der Waals surface area contributed by atoms with E-state index in [1.165, 1.54) is 0 Å². The van der Waals surface area contributed by atoms with Crippen LogP contribution in [0.2, 0.25) is 0 Å². The number of hydrogen-bond donors (Lipinski definition) is 1. The molecule has 0 radical (unpaired) electrons. The van der Waals surface area contributed by atoms with Crippen molar-refractivity contribution in [3.05, 3.63) is 71.3 Å². The van der Waals surface area contributed by atoms with Gasteiger partial charge in [-0.15, -0.1) is 0 Å². The predicted octanol–water partition coefficient (Wildman–Crippen LogP) is 2.46. The van der Waals surface area contributed by atoms with Gasteiger partial charge in [0, 0.05) is 37.3 Å². The maximum absolute atomic E-state index is 12.3. The zero-order valence-electron chi connectivity index (χ0n) is 13.4. The fraction of sp³-hybridized carbons (Fsp3) is 0.263. The molecule has 1 aliphatic heterocycles. The van der Waals surface area contributed by atoms with Gasteiger partial charge >= 0.3 is 6.09 Å². The second-order valence-electron chi connectivity index (χ2n) is 5.68. The Hall–Kier alpha value is -2.66. The topological polar surface area (TPSA) is 58.6 Å². The number of nitrogens with zero attached hydrogens (tertiary/aromatic N) is 1. The number of piperazine rings is 1. The van der Waals surface area contributed by atoms with Gasteiger partial charge in [-0.25, -0.2) is 4.79 Å². The van der Waals surface area contributed by atoms with E-state index in [0.29, 0.717) is 24.2 Å². The molecule has 1 amide bonds. The van der Waals surface area contributed by atoms with Crippen molar-refractivity contribution in [1.29, 1.82) is 0 Å². The Morgan fingerprint density at radius 1 is 0.917 bits per heavy atom. The van der Waals surface area contributed by atoms with E-state index >= 15 is 0 Å². The Morgan fingerprint density at radius 3 is 2.21 bits per heavy atom. The first-order valence-corrected chi connectivity index (χ1v) is 8.05. The first-order valence-electron chi connectivity index (χ1n) is 8.05. The second-order valence-corrected chi connectivity index (χ2v) is 5.68. The van der Waals surface area contributed by atoms with Gasteiger partial charge in [0.25, 0.3) is 0 Å². The largest absolute Gasteiger partial charge is 0.445 e. The van der Waals surface area contributed by atoms with Crippen LogP contribution in [0.4, 0.5) is 4.79 Å². The molecular formula is C19H20N2O3. The molecule has 2 aromatic carbocycles. The third kappa shape index (κ3) is 4.00. The summed E-state index contributed by atoms with van der Waals surface area (Å²) >= 11 is 0. The normalized spacial score (nSPS) is 14.2. The van der Waals surface area contributed by atoms with Crippen molar-refractivity contribution in [2.75, 3.05) is 26.2 Å². The Morgan fingerprint density at radius 2 is 1.54 bits per heavy atom. The first kappa shape index (κ1) is 16.2. The number of carbonyl (C=O) groups excluding carboxylic acids is 2. The number of carbonyl (C=O) groups is 2. The summed E-state index contributed by atoms with van der Waals surface area (Å²) in [4.78, 5) is 26.0. The van der Waals surface area contributed by atoms with Crippen LogP contribution >= 0.6 is 0 Å². The highest BCUT2D eigenvalue weighted by Gasteiger charge is 2.17. The maximum atomic E-state index is 12.3. The van der Waals surface area contributed by atoms with Crippen molar-refractivity contribution in [2.45, 2.75) is 6.61 Å². The van der Waals surface area contributed by atoms with E-state index in [-0.39, 0.29) is 18.5 Å². The lowest BCUT2D eigenvalue weighted by Gasteiger charge is -2.26. The lowest BCUT2D eigenvalue weighted by atomic mass is 10.0. The number of nitrogens with one attached hydrogen (secondary N) is 1. The van der Waals surface area contributed by atoms with Crippen LogP contribution < -0.4 is 5.32 Å². The molecule has 0 unspecified atom stereocenters. The number of ether oxygens (including phenoxy) is 1. The lowest BCUT2D eigenvalue weighted by molar-refractivity contribution is 0.0917. The van der Waals surface area contributed by atoms with Gasteiger partial charge < -0.3 is 15.0 Å². The molecular weight excluding hydrogens is 304 g/mol. The molecule has 3 rings (SSSR count). The molecule has 0 aromatic heterocycles. The van der Waals surface area contributed by atoms with E-state index in [1.54, 1.807) is 29.2 Å². The molecule has 1 N–H and O–H groups in total. The zero-order chi connectivity index (χ0) is 16.8. The number of ketones is 1. The Bertz CT molecular complexity index is 692. The third-order valence-electron chi connectivity index (χ3n) is 3.99. The molecule has 2 aromatic rings. The predicted molar refractivity (Wildman–Crippen MR) is 90.9 cm³/mol. The molecule has 124 valence electrons. The molecule has 1 aliphatic rings. The highest BCUT2D eigenvalue weighted by atomic mass is 16.6. The molecule has 0 saturated carbocycles. The van der Waals surface area contributed by atoms with Gasteiger partial charge in [-0.1, -0.05) is 54.6 Å². The summed E-state index contributed by atoms with van der Waals surface area (Å²) in [7, 11) is 0. The smallest absolute Gasteiger partial charge is 0.410 e. The van der Waals surface area contributed by atoms with E-state index in [2.05, 4.69) is 5.32 Å². The van der Waals surface area contributed by atoms with Crippen molar-refractivity contribution < 1.29 is 14.3 Å². The van der Waals surface area contributed by atoms with E-state index in [9.17, 15) is 9.59 Å². The second kappa shape index (κ2) is 7.75. The molecule has 0 spiro atoms. The van der Waals surface area contributed by atoms with Crippen LogP contribution in [-0.2, 0) is 11.3 Å². The van der Waals surface area contributed by atoms with Crippen molar-refractivity contribution >= 4 is 11.9 Å². The molecule has 1 saturated heterocycles. The van der Waals surface area contributed by atoms with Crippen molar-refractivity contribution in [2.24, 2.45) is 0 Å². The summed E-state index contributed by atoms with van der Waals surface area (Å²) in [6, 6.07) is 16.3. The summed E-state index contributed by atoms with van der Waals surface area (Å²) in [5, 5.41) is 3.19. The molecule has 5 heteroatoms. The minimum Gasteiger partial charge on any atom is -0.445 e. The molecule has 0 atom stereocenters. The molecule has 1 heterocycles. The monoisotopic (exact) mass is 324 g/mol. The van der Waals surface area contributed by atoms with Gasteiger partial charge in [0.1, 0.15) is 6.61 Å². The van der Waals surface area contributed by atoms with E-state index < -0.39 is 0 Å². The maximum Gasteiger partial charge on any atom is 0.410 e. The fourth-order valence-electron chi connectivity index (χ4n) is 2.59.